The van der Waals surface area contributed by atoms with E-state index in [-0.39, 0.29) is 5.75 Å². The van der Waals surface area contributed by atoms with Crippen LogP contribution >= 0.6 is 23.4 Å². The van der Waals surface area contributed by atoms with Gasteiger partial charge in [0.2, 0.25) is 0 Å². The zero-order chi connectivity index (χ0) is 12.6. The quantitative estimate of drug-likeness (QED) is 0.797. The fourth-order valence-corrected chi connectivity index (χ4v) is 2.75. The zero-order valence-electron chi connectivity index (χ0n) is 8.46. The van der Waals surface area contributed by atoms with Crippen molar-refractivity contribution < 1.29 is 13.2 Å². The highest BCUT2D eigenvalue weighted by molar-refractivity contribution is 8.14. The lowest BCUT2D eigenvalue weighted by molar-refractivity contribution is -0.0555. The molecule has 0 radical (unpaired) electrons. The Morgan fingerprint density at radius 3 is 2.65 bits per heavy atom. The summed E-state index contributed by atoms with van der Waals surface area (Å²) in [5.41, 5.74) is 6.57. The number of nitrogens with two attached hydrogens (primary N) is 1. The van der Waals surface area contributed by atoms with E-state index in [1.807, 2.05) is 0 Å². The van der Waals surface area contributed by atoms with Gasteiger partial charge in [-0.25, -0.2) is 0 Å². The van der Waals surface area contributed by atoms with Crippen molar-refractivity contribution in [2.24, 2.45) is 4.99 Å². The zero-order valence-corrected chi connectivity index (χ0v) is 10.0. The van der Waals surface area contributed by atoms with E-state index in [0.717, 1.165) is 0 Å². The maximum Gasteiger partial charge on any atom is 0.439 e. The third kappa shape index (κ3) is 2.69. The topological polar surface area (TPSA) is 38.4 Å². The van der Waals surface area contributed by atoms with Gasteiger partial charge in [0.1, 0.15) is 0 Å². The minimum Gasteiger partial charge on any atom is -0.399 e. The summed E-state index contributed by atoms with van der Waals surface area (Å²) in [6.07, 6.45) is -4.38. The molecule has 2 N–H and O–H groups in total. The van der Waals surface area contributed by atoms with Crippen molar-refractivity contribution in [2.75, 3.05) is 11.5 Å². The Balaban J connectivity index is 2.29. The molecule has 0 aliphatic carbocycles. The predicted molar refractivity (Wildman–Crippen MR) is 64.6 cm³/mol. The summed E-state index contributed by atoms with van der Waals surface area (Å²) < 4.78 is 37.2. The second kappa shape index (κ2) is 4.42. The largest absolute Gasteiger partial charge is 0.439 e. The molecule has 0 bridgehead atoms. The Labute approximate surface area is 105 Å². The number of hydrogen-bond acceptors (Lipinski definition) is 3. The van der Waals surface area contributed by atoms with E-state index in [0.29, 0.717) is 28.0 Å². The fourth-order valence-electron chi connectivity index (χ4n) is 1.50. The van der Waals surface area contributed by atoms with Gasteiger partial charge in [0, 0.05) is 16.5 Å². The molecule has 1 unspecified atom stereocenters. The van der Waals surface area contributed by atoms with Crippen LogP contribution in [0.25, 0.3) is 0 Å². The lowest BCUT2D eigenvalue weighted by Gasteiger charge is -2.09. The normalized spacial score (nSPS) is 20.5. The molecule has 0 saturated heterocycles. The number of aliphatic imine (C=N–C) groups is 1. The summed E-state index contributed by atoms with van der Waals surface area (Å²) in [7, 11) is 0. The summed E-state index contributed by atoms with van der Waals surface area (Å²) in [5, 5.41) is -0.446. The number of nitrogens with zero attached hydrogens (tertiary/aromatic N) is 1. The second-order valence-corrected chi connectivity index (χ2v) is 4.96. The Bertz CT molecular complexity index is 473. The van der Waals surface area contributed by atoms with E-state index < -0.39 is 17.3 Å². The third-order valence-electron chi connectivity index (χ3n) is 2.28. The average Bonchev–Trinajstić information content (AvgIpc) is 2.65. The number of nitrogen functional groups attached to an aromatic ring is 1. The van der Waals surface area contributed by atoms with Crippen LogP contribution in [0.5, 0.6) is 0 Å². The molecule has 1 atom stereocenters. The third-order valence-corrected chi connectivity index (χ3v) is 3.70. The van der Waals surface area contributed by atoms with Crippen LogP contribution in [-0.4, -0.2) is 17.0 Å². The van der Waals surface area contributed by atoms with Gasteiger partial charge < -0.3 is 5.73 Å². The number of thioether (sulfide) groups is 1. The van der Waals surface area contributed by atoms with Crippen LogP contribution in [-0.2, 0) is 0 Å². The number of hydrogen-bond donors (Lipinski definition) is 1. The van der Waals surface area contributed by atoms with E-state index in [9.17, 15) is 13.2 Å². The Kier molecular flexibility index (Phi) is 3.27. The van der Waals surface area contributed by atoms with Gasteiger partial charge in [0.15, 0.2) is 5.04 Å². The smallest absolute Gasteiger partial charge is 0.399 e. The first-order valence-electron chi connectivity index (χ1n) is 4.70. The second-order valence-electron chi connectivity index (χ2n) is 3.54. The molecular weight excluding hydrogens is 273 g/mol. The van der Waals surface area contributed by atoms with Crippen LogP contribution < -0.4 is 5.73 Å². The van der Waals surface area contributed by atoms with Crippen molar-refractivity contribution in [3.63, 3.8) is 0 Å². The molecule has 0 spiro atoms. The van der Waals surface area contributed by atoms with Gasteiger partial charge in [-0.2, -0.15) is 13.2 Å². The molecule has 2 rings (SSSR count). The highest BCUT2D eigenvalue weighted by Crippen LogP contribution is 2.39. The van der Waals surface area contributed by atoms with Crippen molar-refractivity contribution in [1.29, 1.82) is 0 Å². The number of benzene rings is 1. The van der Waals surface area contributed by atoms with E-state index in [1.54, 1.807) is 12.1 Å². The molecule has 1 aromatic rings. The van der Waals surface area contributed by atoms with Crippen molar-refractivity contribution in [2.45, 2.75) is 12.2 Å². The Hall–Kier alpha value is -0.880. The maximum absolute atomic E-state index is 12.4. The van der Waals surface area contributed by atoms with Gasteiger partial charge in [0.05, 0.1) is 6.04 Å². The first-order valence-corrected chi connectivity index (χ1v) is 6.07. The van der Waals surface area contributed by atoms with Crippen molar-refractivity contribution in [1.82, 2.24) is 0 Å². The van der Waals surface area contributed by atoms with Crippen LogP contribution in [0.15, 0.2) is 23.2 Å². The molecule has 1 aliphatic heterocycles. The molecule has 17 heavy (non-hydrogen) atoms. The fraction of sp³-hybridized carbons (Fsp3) is 0.300. The van der Waals surface area contributed by atoms with Crippen molar-refractivity contribution in [3.8, 4) is 0 Å². The molecule has 0 amide bonds. The van der Waals surface area contributed by atoms with E-state index >= 15 is 0 Å². The molecule has 7 heteroatoms. The van der Waals surface area contributed by atoms with Crippen molar-refractivity contribution >= 4 is 34.1 Å². The van der Waals surface area contributed by atoms with Gasteiger partial charge in [-0.1, -0.05) is 29.4 Å². The van der Waals surface area contributed by atoms with Gasteiger partial charge in [0.25, 0.3) is 0 Å². The average molecular weight is 281 g/mol. The van der Waals surface area contributed by atoms with Gasteiger partial charge in [-0.05, 0) is 17.7 Å². The minimum atomic E-state index is -4.38. The Morgan fingerprint density at radius 1 is 1.41 bits per heavy atom. The number of halogens is 4. The molecule has 1 aliphatic rings. The monoisotopic (exact) mass is 280 g/mol. The lowest BCUT2D eigenvalue weighted by Crippen LogP contribution is -2.17. The van der Waals surface area contributed by atoms with Crippen LogP contribution in [0.2, 0.25) is 5.02 Å². The van der Waals surface area contributed by atoms with Crippen LogP contribution in [0.1, 0.15) is 11.6 Å². The van der Waals surface area contributed by atoms with Crippen LogP contribution in [0.3, 0.4) is 0 Å². The molecule has 0 aromatic heterocycles. The number of alkyl halides is 3. The molecule has 0 fully saturated rings. The molecule has 1 heterocycles. The summed E-state index contributed by atoms with van der Waals surface area (Å²) in [6, 6.07) is 4.19. The first kappa shape index (κ1) is 12.6. The lowest BCUT2D eigenvalue weighted by atomic mass is 10.1. The van der Waals surface area contributed by atoms with Gasteiger partial charge >= 0.3 is 6.18 Å². The number of anilines is 1. The maximum atomic E-state index is 12.4. The standard InChI is InChI=1S/C10H8ClF3N2S/c11-7-3-5(15)1-2-6(7)8-4-17-9(16-8)10(12,13)14/h1-3,8H,4,15H2. The minimum absolute atomic E-state index is 0.248. The predicted octanol–water partition coefficient (Wildman–Crippen LogP) is 3.67. The SMILES string of the molecule is Nc1ccc(C2CSC(C(F)(F)F)=N2)c(Cl)c1. The summed E-state index contributed by atoms with van der Waals surface area (Å²) in [6.45, 7) is 0. The van der Waals surface area contributed by atoms with Crippen LogP contribution in [0, 0.1) is 0 Å². The first-order chi connectivity index (χ1) is 7.88. The number of rotatable bonds is 1. The summed E-state index contributed by atoms with van der Waals surface area (Å²) in [4.78, 5) is 3.65. The molecular formula is C10H8ClF3N2S. The van der Waals surface area contributed by atoms with Crippen molar-refractivity contribution in [3.05, 3.63) is 28.8 Å². The van der Waals surface area contributed by atoms with Gasteiger partial charge in [-0.15, -0.1) is 0 Å². The van der Waals surface area contributed by atoms with Crippen LogP contribution in [0.4, 0.5) is 18.9 Å². The molecule has 2 nitrogen and oxygen atoms in total. The highest BCUT2D eigenvalue weighted by atomic mass is 35.5. The summed E-state index contributed by atoms with van der Waals surface area (Å²) >= 11 is 6.63. The van der Waals surface area contributed by atoms with E-state index in [2.05, 4.69) is 4.99 Å². The molecule has 0 saturated carbocycles. The summed E-state index contributed by atoms with van der Waals surface area (Å²) in [5.74, 6) is 0.248. The molecule has 1 aromatic carbocycles. The highest BCUT2D eigenvalue weighted by Gasteiger charge is 2.40. The van der Waals surface area contributed by atoms with E-state index in [1.165, 1.54) is 6.07 Å². The van der Waals surface area contributed by atoms with Gasteiger partial charge in [-0.3, -0.25) is 4.99 Å². The van der Waals surface area contributed by atoms with E-state index in [4.69, 9.17) is 17.3 Å². The molecule has 92 valence electrons. The Morgan fingerprint density at radius 2 is 2.12 bits per heavy atom.